The van der Waals surface area contributed by atoms with Crippen LogP contribution in [0.3, 0.4) is 0 Å². The van der Waals surface area contributed by atoms with Crippen LogP contribution in [0, 0.1) is 0 Å². The Morgan fingerprint density at radius 1 is 1.00 bits per heavy atom. The molecule has 0 aliphatic carbocycles. The predicted octanol–water partition coefficient (Wildman–Crippen LogP) is 5.43. The number of sulfonamides is 1. The summed E-state index contributed by atoms with van der Waals surface area (Å²) in [5.74, 6) is 0. The van der Waals surface area contributed by atoms with E-state index in [1.54, 1.807) is 24.3 Å². The van der Waals surface area contributed by atoms with Crippen molar-refractivity contribution in [3.63, 3.8) is 0 Å². The molecule has 0 fully saturated rings. The number of rotatable bonds is 4. The average molecular weight is 522 g/mol. The van der Waals surface area contributed by atoms with Crippen LogP contribution in [0.1, 0.15) is 23.6 Å². The summed E-state index contributed by atoms with van der Waals surface area (Å²) in [6.07, 6.45) is -4.62. The van der Waals surface area contributed by atoms with Crippen molar-refractivity contribution in [1.29, 1.82) is 0 Å². The van der Waals surface area contributed by atoms with Crippen LogP contribution in [0.15, 0.2) is 88.9 Å². The number of halogens is 4. The number of urea groups is 1. The normalized spacial score (nSPS) is 18.3. The number of alkyl halides is 3. The highest BCUT2D eigenvalue weighted by Gasteiger charge is 2.43. The predicted molar refractivity (Wildman–Crippen MR) is 126 cm³/mol. The first-order valence-corrected chi connectivity index (χ1v) is 12.2. The third-order valence-corrected chi connectivity index (χ3v) is 7.27. The van der Waals surface area contributed by atoms with Crippen LogP contribution in [0.25, 0.3) is 0 Å². The van der Waals surface area contributed by atoms with Gasteiger partial charge in [-0.25, -0.2) is 22.9 Å². The summed E-state index contributed by atoms with van der Waals surface area (Å²) in [5.41, 5.74) is 0.307. The van der Waals surface area contributed by atoms with Gasteiger partial charge in [0.2, 0.25) is 0 Å². The molecule has 3 aromatic carbocycles. The van der Waals surface area contributed by atoms with Crippen molar-refractivity contribution in [2.45, 2.75) is 23.4 Å². The van der Waals surface area contributed by atoms with Gasteiger partial charge in [-0.3, -0.25) is 0 Å². The molecule has 0 bridgehead atoms. The highest BCUT2D eigenvalue weighted by atomic mass is 35.5. The lowest BCUT2D eigenvalue weighted by Crippen LogP contribution is -2.43. The Morgan fingerprint density at radius 3 is 2.17 bits per heavy atom. The van der Waals surface area contributed by atoms with Gasteiger partial charge in [-0.2, -0.15) is 18.3 Å². The first-order chi connectivity index (χ1) is 16.4. The molecule has 2 amide bonds. The Kier molecular flexibility index (Phi) is 6.37. The van der Waals surface area contributed by atoms with E-state index in [9.17, 15) is 26.4 Å². The van der Waals surface area contributed by atoms with Crippen molar-refractivity contribution < 1.29 is 26.4 Å². The number of hydrazone groups is 1. The summed E-state index contributed by atoms with van der Waals surface area (Å²) in [5, 5.41) is 5.94. The third kappa shape index (κ3) is 5.03. The van der Waals surface area contributed by atoms with E-state index in [1.165, 1.54) is 0 Å². The number of hydrogen-bond donors (Lipinski definition) is 1. The lowest BCUT2D eigenvalue weighted by Gasteiger charge is -2.27. The molecular formula is C24H19ClF3N3O3S. The zero-order chi connectivity index (χ0) is 25.4. The summed E-state index contributed by atoms with van der Waals surface area (Å²) < 4.78 is 65.6. The van der Waals surface area contributed by atoms with Crippen LogP contribution in [0.5, 0.6) is 0 Å². The van der Waals surface area contributed by atoms with Crippen LogP contribution in [0.2, 0.25) is 5.02 Å². The molecule has 0 unspecified atom stereocenters. The highest BCUT2D eigenvalue weighted by molar-refractivity contribution is 7.90. The lowest BCUT2D eigenvalue weighted by molar-refractivity contribution is -0.137. The van der Waals surface area contributed by atoms with Gasteiger partial charge in [-0.1, -0.05) is 54.1 Å². The number of carbonyl (C=O) groups is 1. The monoisotopic (exact) mass is 521 g/mol. The first-order valence-electron chi connectivity index (χ1n) is 10.3. The van der Waals surface area contributed by atoms with Gasteiger partial charge >= 0.3 is 12.2 Å². The fourth-order valence-corrected chi connectivity index (χ4v) is 4.90. The third-order valence-electron chi connectivity index (χ3n) is 5.69. The van der Waals surface area contributed by atoms with Crippen LogP contribution >= 0.6 is 11.6 Å². The second-order valence-electron chi connectivity index (χ2n) is 8.14. The largest absolute Gasteiger partial charge is 0.416 e. The number of amides is 2. The number of nitrogens with zero attached hydrogens (tertiary/aromatic N) is 2. The van der Waals surface area contributed by atoms with Crippen molar-refractivity contribution in [3.05, 3.63) is 101 Å². The van der Waals surface area contributed by atoms with Crippen molar-refractivity contribution in [3.8, 4) is 0 Å². The number of carbonyl (C=O) groups excluding carboxylic acids is 1. The maximum Gasteiger partial charge on any atom is 0.416 e. The fraction of sp³-hybridized carbons (Fsp3) is 0.167. The molecule has 0 saturated carbocycles. The smallest absolute Gasteiger partial charge is 0.246 e. The zero-order valence-electron chi connectivity index (χ0n) is 18.3. The van der Waals surface area contributed by atoms with E-state index in [-0.39, 0.29) is 6.54 Å². The van der Waals surface area contributed by atoms with Gasteiger partial charge in [-0.05, 0) is 54.4 Å². The number of hydrogen-bond acceptors (Lipinski definition) is 4. The zero-order valence-corrected chi connectivity index (χ0v) is 19.8. The highest BCUT2D eigenvalue weighted by Crippen LogP contribution is 2.35. The van der Waals surface area contributed by atoms with Crippen LogP contribution in [0.4, 0.5) is 18.0 Å². The van der Waals surface area contributed by atoms with E-state index in [0.29, 0.717) is 28.4 Å². The average Bonchev–Trinajstić information content (AvgIpc) is 3.18. The van der Waals surface area contributed by atoms with E-state index in [0.717, 1.165) is 22.7 Å². The Balaban J connectivity index is 1.64. The second kappa shape index (κ2) is 9.01. The maximum absolute atomic E-state index is 12.9. The van der Waals surface area contributed by atoms with Crippen molar-refractivity contribution in [1.82, 2.24) is 9.73 Å². The summed E-state index contributed by atoms with van der Waals surface area (Å²) in [4.78, 5) is 12.5. The Bertz CT molecular complexity index is 1380. The minimum absolute atomic E-state index is 0.0311. The van der Waals surface area contributed by atoms with Gasteiger partial charge < -0.3 is 0 Å². The van der Waals surface area contributed by atoms with E-state index >= 15 is 0 Å². The van der Waals surface area contributed by atoms with Gasteiger partial charge in [0.05, 0.1) is 28.1 Å². The van der Waals surface area contributed by atoms with Gasteiger partial charge in [0.15, 0.2) is 0 Å². The first kappa shape index (κ1) is 24.7. The van der Waals surface area contributed by atoms with Crippen LogP contribution in [-0.4, -0.2) is 31.7 Å². The molecule has 0 spiro atoms. The van der Waals surface area contributed by atoms with E-state index in [4.69, 9.17) is 11.6 Å². The van der Waals surface area contributed by atoms with E-state index < -0.39 is 38.1 Å². The van der Waals surface area contributed by atoms with Crippen molar-refractivity contribution >= 4 is 33.4 Å². The van der Waals surface area contributed by atoms with Crippen LogP contribution in [-0.2, 0) is 21.6 Å². The SMILES string of the molecule is C[C@]1(c2ccccc2)CN(C(=O)NS(=O)(=O)c2ccc(C(F)(F)F)cc2)N=C1c1ccc(Cl)cc1. The molecular weight excluding hydrogens is 503 g/mol. The Morgan fingerprint density at radius 2 is 1.60 bits per heavy atom. The molecule has 1 aliphatic rings. The van der Waals surface area contributed by atoms with Crippen LogP contribution < -0.4 is 4.72 Å². The van der Waals surface area contributed by atoms with Crippen molar-refractivity contribution in [2.24, 2.45) is 5.10 Å². The molecule has 6 nitrogen and oxygen atoms in total. The number of nitrogens with one attached hydrogen (secondary N) is 1. The number of benzene rings is 3. The molecule has 4 rings (SSSR count). The minimum Gasteiger partial charge on any atom is -0.246 e. The van der Waals surface area contributed by atoms with Gasteiger partial charge in [0, 0.05) is 5.02 Å². The summed E-state index contributed by atoms with van der Waals surface area (Å²) in [6.45, 7) is 1.91. The molecule has 35 heavy (non-hydrogen) atoms. The molecule has 0 saturated heterocycles. The molecule has 1 aliphatic heterocycles. The Labute approximate surface area is 205 Å². The molecule has 182 valence electrons. The molecule has 3 aromatic rings. The summed E-state index contributed by atoms with van der Waals surface area (Å²) >= 11 is 6.01. The van der Waals surface area contributed by atoms with Gasteiger partial charge in [-0.15, -0.1) is 0 Å². The second-order valence-corrected chi connectivity index (χ2v) is 10.3. The van der Waals surface area contributed by atoms with Gasteiger partial charge in [0.1, 0.15) is 0 Å². The Hall–Kier alpha value is -3.37. The van der Waals surface area contributed by atoms with Gasteiger partial charge in [0.25, 0.3) is 10.0 Å². The topological polar surface area (TPSA) is 78.8 Å². The summed E-state index contributed by atoms with van der Waals surface area (Å²) in [7, 11) is -4.44. The lowest BCUT2D eigenvalue weighted by atomic mass is 9.76. The van der Waals surface area contributed by atoms with E-state index in [2.05, 4.69) is 5.10 Å². The molecule has 1 atom stereocenters. The molecule has 1 N–H and O–H groups in total. The van der Waals surface area contributed by atoms with E-state index in [1.807, 2.05) is 42.0 Å². The quantitative estimate of drug-likeness (QED) is 0.497. The molecule has 0 aromatic heterocycles. The molecule has 0 radical (unpaired) electrons. The minimum atomic E-state index is -4.62. The summed E-state index contributed by atoms with van der Waals surface area (Å²) in [6, 6.07) is 18.0. The fourth-order valence-electron chi connectivity index (χ4n) is 3.83. The van der Waals surface area contributed by atoms with Crippen molar-refractivity contribution in [2.75, 3.05) is 6.54 Å². The molecule has 11 heteroatoms. The standard InChI is InChI=1S/C24H19ClF3N3O3S/c1-23(17-5-3-2-4-6-17)15-31(29-21(23)16-7-11-19(25)12-8-16)22(32)30-35(33,34)20-13-9-18(10-14-20)24(26,27)28/h2-14H,15H2,1H3,(H,30,32)/t23-/m1/s1. The molecule has 1 heterocycles. The maximum atomic E-state index is 12.9.